The lowest BCUT2D eigenvalue weighted by molar-refractivity contribution is -0.161. The molecule has 1 spiro atoms. The van der Waals surface area contributed by atoms with E-state index in [1.807, 2.05) is 38.2 Å². The van der Waals surface area contributed by atoms with Gasteiger partial charge in [0.25, 0.3) is 0 Å². The maximum atomic E-state index is 14.1. The molecule has 2 fully saturated rings. The van der Waals surface area contributed by atoms with Crippen LogP contribution in [0, 0.1) is 11.8 Å². The molecule has 2 amide bonds. The van der Waals surface area contributed by atoms with Crippen molar-refractivity contribution in [2.45, 2.75) is 89.0 Å². The van der Waals surface area contributed by atoms with Gasteiger partial charge in [-0.15, -0.1) is 0 Å². The van der Waals surface area contributed by atoms with Gasteiger partial charge in [0.2, 0.25) is 11.8 Å². The van der Waals surface area contributed by atoms with Crippen molar-refractivity contribution in [1.29, 1.82) is 0 Å². The van der Waals surface area contributed by atoms with Crippen LogP contribution in [0.2, 0.25) is 0 Å². The minimum Gasteiger partial charge on any atom is -0.465 e. The number of aliphatic hydroxyl groups excluding tert-OH is 1. The van der Waals surface area contributed by atoms with Crippen LogP contribution in [0.3, 0.4) is 0 Å². The molecule has 35 heavy (non-hydrogen) atoms. The summed E-state index contributed by atoms with van der Waals surface area (Å²) < 4.78 is 12.4. The van der Waals surface area contributed by atoms with Crippen LogP contribution in [0.1, 0.15) is 65.7 Å². The lowest BCUT2D eigenvalue weighted by Crippen LogP contribution is -2.58. The molecule has 0 aromatic heterocycles. The van der Waals surface area contributed by atoms with Gasteiger partial charge in [0.1, 0.15) is 17.6 Å². The third kappa shape index (κ3) is 4.33. The zero-order valence-corrected chi connectivity index (χ0v) is 21.3. The van der Waals surface area contributed by atoms with E-state index < -0.39 is 41.1 Å². The fraction of sp³-hybridized carbons (Fsp3) is 0.741. The third-order valence-electron chi connectivity index (χ3n) is 8.13. The van der Waals surface area contributed by atoms with Crippen LogP contribution in [0.4, 0.5) is 0 Å². The van der Waals surface area contributed by atoms with E-state index in [-0.39, 0.29) is 18.4 Å². The first kappa shape index (κ1) is 25.9. The standard InChI is InChI=1S/C27H40N2O6/c1-4-6-10-15-28-16-12-14-27-20(23(31)29(19(5-2)18-30)22(27)24(28)32)21-25(33)34-17-11-8-7-9-13-26(21,3)35-27/h9,12-14,19-22,30H,4-8,10-11,15-18H2,1-3H3/b13-9-/t19-,20-,21-,22?,26+,27-/m0/s1. The van der Waals surface area contributed by atoms with Crippen molar-refractivity contribution < 1.29 is 29.0 Å². The molecule has 0 saturated carbocycles. The number of hydrogen-bond donors (Lipinski definition) is 1. The smallest absolute Gasteiger partial charge is 0.313 e. The number of rotatable bonds is 7. The number of allylic oxidation sites excluding steroid dienone is 1. The quantitative estimate of drug-likeness (QED) is 0.336. The van der Waals surface area contributed by atoms with Gasteiger partial charge in [-0.2, -0.15) is 0 Å². The molecule has 0 aromatic rings. The SMILES string of the molecule is CCCCCN1CC=C[C@]23O[C@]4(C)/C=C\CCCCOC(=O)[C@@H]4[C@H]2C(=O)N([C@@H](CC)CO)C3C1=O. The second-order valence-electron chi connectivity index (χ2n) is 10.4. The van der Waals surface area contributed by atoms with Gasteiger partial charge in [-0.05, 0) is 39.0 Å². The molecular weight excluding hydrogens is 448 g/mol. The molecule has 2 saturated heterocycles. The first-order chi connectivity index (χ1) is 16.8. The summed E-state index contributed by atoms with van der Waals surface area (Å²) in [5.41, 5.74) is -2.38. The van der Waals surface area contributed by atoms with Crippen LogP contribution >= 0.6 is 0 Å². The molecule has 1 N–H and O–H groups in total. The highest BCUT2D eigenvalue weighted by Crippen LogP contribution is 2.57. The Balaban J connectivity index is 1.83. The molecule has 0 bridgehead atoms. The Morgan fingerprint density at radius 2 is 1.89 bits per heavy atom. The number of fused-ring (bicyclic) bond motifs is 2. The minimum atomic E-state index is -1.30. The van der Waals surface area contributed by atoms with Gasteiger partial charge in [0.05, 0.1) is 30.8 Å². The number of carbonyl (C=O) groups excluding carboxylic acids is 3. The van der Waals surface area contributed by atoms with E-state index in [0.29, 0.717) is 26.1 Å². The molecule has 6 atom stereocenters. The predicted octanol–water partition coefficient (Wildman–Crippen LogP) is 2.60. The van der Waals surface area contributed by atoms with Crippen LogP contribution in [-0.4, -0.2) is 82.3 Å². The van der Waals surface area contributed by atoms with Crippen LogP contribution < -0.4 is 0 Å². The Hall–Kier alpha value is -2.19. The molecule has 4 aliphatic rings. The number of cyclic esters (lactones) is 1. The summed E-state index contributed by atoms with van der Waals surface area (Å²) in [5.74, 6) is -2.74. The summed E-state index contributed by atoms with van der Waals surface area (Å²) in [7, 11) is 0. The van der Waals surface area contributed by atoms with Crippen molar-refractivity contribution in [3.05, 3.63) is 24.3 Å². The summed E-state index contributed by atoms with van der Waals surface area (Å²) in [5, 5.41) is 10.2. The van der Waals surface area contributed by atoms with Crippen molar-refractivity contribution in [2.75, 3.05) is 26.3 Å². The number of esters is 1. The third-order valence-corrected chi connectivity index (χ3v) is 8.13. The van der Waals surface area contributed by atoms with E-state index in [1.54, 1.807) is 4.90 Å². The van der Waals surface area contributed by atoms with Gasteiger partial charge in [-0.3, -0.25) is 14.4 Å². The van der Waals surface area contributed by atoms with Crippen molar-refractivity contribution in [1.82, 2.24) is 9.80 Å². The minimum absolute atomic E-state index is 0.182. The van der Waals surface area contributed by atoms with E-state index in [0.717, 1.165) is 38.5 Å². The van der Waals surface area contributed by atoms with Gasteiger partial charge >= 0.3 is 5.97 Å². The molecular formula is C27H40N2O6. The molecule has 0 radical (unpaired) electrons. The monoisotopic (exact) mass is 488 g/mol. The van der Waals surface area contributed by atoms with Crippen LogP contribution in [0.5, 0.6) is 0 Å². The Morgan fingerprint density at radius 1 is 1.09 bits per heavy atom. The number of aliphatic hydroxyl groups is 1. The van der Waals surface area contributed by atoms with E-state index in [2.05, 4.69) is 6.92 Å². The Kier molecular flexibility index (Phi) is 7.71. The highest BCUT2D eigenvalue weighted by atomic mass is 16.6. The summed E-state index contributed by atoms with van der Waals surface area (Å²) >= 11 is 0. The first-order valence-corrected chi connectivity index (χ1v) is 13.3. The van der Waals surface area contributed by atoms with E-state index in [4.69, 9.17) is 9.47 Å². The molecule has 194 valence electrons. The Morgan fingerprint density at radius 3 is 2.60 bits per heavy atom. The maximum absolute atomic E-state index is 14.1. The average Bonchev–Trinajstić information content (AvgIpc) is 3.17. The molecule has 8 heteroatoms. The second-order valence-corrected chi connectivity index (χ2v) is 10.4. The van der Waals surface area contributed by atoms with Gasteiger partial charge in [-0.25, -0.2) is 0 Å². The zero-order chi connectivity index (χ0) is 25.2. The zero-order valence-electron chi connectivity index (χ0n) is 21.3. The van der Waals surface area contributed by atoms with Crippen LogP contribution in [-0.2, 0) is 23.9 Å². The number of carbonyl (C=O) groups is 3. The van der Waals surface area contributed by atoms with E-state index in [1.165, 1.54) is 4.90 Å². The largest absolute Gasteiger partial charge is 0.465 e. The summed E-state index contributed by atoms with van der Waals surface area (Å²) in [6.45, 7) is 6.88. The predicted molar refractivity (Wildman–Crippen MR) is 130 cm³/mol. The second kappa shape index (κ2) is 10.4. The van der Waals surface area contributed by atoms with Crippen molar-refractivity contribution >= 4 is 17.8 Å². The summed E-state index contributed by atoms with van der Waals surface area (Å²) in [4.78, 5) is 44.9. The molecule has 0 aromatic carbocycles. The van der Waals surface area contributed by atoms with E-state index in [9.17, 15) is 19.5 Å². The number of likely N-dealkylation sites (tertiary alicyclic amines) is 1. The molecule has 4 aliphatic heterocycles. The van der Waals surface area contributed by atoms with Crippen molar-refractivity contribution in [2.24, 2.45) is 11.8 Å². The number of nitrogens with zero attached hydrogens (tertiary/aromatic N) is 2. The topological polar surface area (TPSA) is 96.4 Å². The maximum Gasteiger partial charge on any atom is 0.313 e. The van der Waals surface area contributed by atoms with Gasteiger partial charge in [-0.1, -0.05) is 51.0 Å². The average molecular weight is 489 g/mol. The van der Waals surface area contributed by atoms with Gasteiger partial charge < -0.3 is 24.4 Å². The van der Waals surface area contributed by atoms with Gasteiger partial charge in [0.15, 0.2) is 0 Å². The van der Waals surface area contributed by atoms with E-state index >= 15 is 0 Å². The van der Waals surface area contributed by atoms with Gasteiger partial charge in [0, 0.05) is 13.1 Å². The fourth-order valence-electron chi connectivity index (χ4n) is 6.34. The lowest BCUT2D eigenvalue weighted by Gasteiger charge is -2.40. The first-order valence-electron chi connectivity index (χ1n) is 13.3. The number of amides is 2. The summed E-state index contributed by atoms with van der Waals surface area (Å²) in [6, 6.07) is -1.48. The Bertz CT molecular complexity index is 883. The molecule has 1 unspecified atom stereocenters. The highest BCUT2D eigenvalue weighted by Gasteiger charge is 2.75. The van der Waals surface area contributed by atoms with Crippen molar-refractivity contribution in [3.8, 4) is 0 Å². The fourth-order valence-corrected chi connectivity index (χ4v) is 6.34. The van der Waals surface area contributed by atoms with Crippen LogP contribution in [0.15, 0.2) is 24.3 Å². The number of hydrogen-bond acceptors (Lipinski definition) is 6. The lowest BCUT2D eigenvalue weighted by atomic mass is 9.74. The number of unbranched alkanes of at least 4 members (excludes halogenated alkanes) is 2. The molecule has 8 nitrogen and oxygen atoms in total. The summed E-state index contributed by atoms with van der Waals surface area (Å²) in [6.07, 6.45) is 13.5. The Labute approximate surface area is 208 Å². The molecule has 4 rings (SSSR count). The van der Waals surface area contributed by atoms with Crippen molar-refractivity contribution in [3.63, 3.8) is 0 Å². The number of ether oxygens (including phenoxy) is 2. The normalized spacial score (nSPS) is 36.8. The molecule has 4 heterocycles. The van der Waals surface area contributed by atoms with Crippen LogP contribution in [0.25, 0.3) is 0 Å². The molecule has 0 aliphatic carbocycles. The highest BCUT2D eigenvalue weighted by molar-refractivity contribution is 5.99.